The van der Waals surface area contributed by atoms with Crippen molar-refractivity contribution in [3.8, 4) is 0 Å². The highest BCUT2D eigenvalue weighted by Gasteiger charge is 2.27. The highest BCUT2D eigenvalue weighted by atomic mass is 16.5. The van der Waals surface area contributed by atoms with E-state index in [9.17, 15) is 4.79 Å². The van der Waals surface area contributed by atoms with Gasteiger partial charge >= 0.3 is 5.97 Å². The van der Waals surface area contributed by atoms with Crippen LogP contribution in [0.25, 0.3) is 0 Å². The molecule has 0 N–H and O–H groups in total. The van der Waals surface area contributed by atoms with Crippen LogP contribution < -0.4 is 0 Å². The Hall–Kier alpha value is -0.570. The van der Waals surface area contributed by atoms with Crippen molar-refractivity contribution in [1.82, 2.24) is 4.90 Å². The number of nitrogens with zero attached hydrogens (tertiary/aromatic N) is 1. The molecule has 0 aliphatic carbocycles. The number of hydrogen-bond donors (Lipinski definition) is 0. The lowest BCUT2D eigenvalue weighted by molar-refractivity contribution is -0.149. The Balaban J connectivity index is 2.36. The van der Waals surface area contributed by atoms with Crippen LogP contribution in [0.1, 0.15) is 47.0 Å². The maximum atomic E-state index is 11.7. The Morgan fingerprint density at radius 1 is 1.41 bits per heavy atom. The Morgan fingerprint density at radius 3 is 2.71 bits per heavy atom. The quantitative estimate of drug-likeness (QED) is 0.709. The van der Waals surface area contributed by atoms with Crippen molar-refractivity contribution in [2.24, 2.45) is 11.3 Å². The van der Waals surface area contributed by atoms with Crippen LogP contribution in [0.15, 0.2) is 0 Å². The molecule has 0 unspecified atom stereocenters. The number of rotatable bonds is 4. The van der Waals surface area contributed by atoms with Gasteiger partial charge in [-0.05, 0) is 44.7 Å². The molecule has 1 fully saturated rings. The summed E-state index contributed by atoms with van der Waals surface area (Å²) in [6.07, 6.45) is 3.29. The molecule has 0 aromatic heterocycles. The van der Waals surface area contributed by atoms with Gasteiger partial charge in [-0.1, -0.05) is 20.8 Å². The van der Waals surface area contributed by atoms with E-state index in [1.807, 2.05) is 6.92 Å². The maximum absolute atomic E-state index is 11.7. The number of esters is 1. The van der Waals surface area contributed by atoms with Crippen LogP contribution in [-0.2, 0) is 9.53 Å². The average Bonchev–Trinajstić information content (AvgIpc) is 2.26. The van der Waals surface area contributed by atoms with E-state index < -0.39 is 0 Å². The smallest absolute Gasteiger partial charge is 0.310 e. The molecule has 1 heterocycles. The highest BCUT2D eigenvalue weighted by molar-refractivity contribution is 5.72. The summed E-state index contributed by atoms with van der Waals surface area (Å²) in [6, 6.07) is 0. The van der Waals surface area contributed by atoms with Gasteiger partial charge in [0.25, 0.3) is 0 Å². The van der Waals surface area contributed by atoms with Gasteiger partial charge in [0, 0.05) is 6.54 Å². The second-order valence-corrected chi connectivity index (χ2v) is 6.20. The van der Waals surface area contributed by atoms with Crippen molar-refractivity contribution in [2.75, 3.05) is 26.2 Å². The number of piperidine rings is 1. The van der Waals surface area contributed by atoms with Crippen molar-refractivity contribution >= 4 is 5.97 Å². The summed E-state index contributed by atoms with van der Waals surface area (Å²) in [6.45, 7) is 12.3. The van der Waals surface area contributed by atoms with Crippen molar-refractivity contribution < 1.29 is 9.53 Å². The Kier molecular flexibility index (Phi) is 5.44. The summed E-state index contributed by atoms with van der Waals surface area (Å²) in [5.74, 6) is 0.0941. The molecule has 100 valence electrons. The van der Waals surface area contributed by atoms with Crippen LogP contribution in [0.5, 0.6) is 0 Å². The monoisotopic (exact) mass is 241 g/mol. The minimum Gasteiger partial charge on any atom is -0.466 e. The van der Waals surface area contributed by atoms with Crippen LogP contribution >= 0.6 is 0 Å². The molecule has 0 amide bonds. The second kappa shape index (κ2) is 6.39. The zero-order valence-electron chi connectivity index (χ0n) is 11.8. The topological polar surface area (TPSA) is 29.5 Å². The minimum atomic E-state index is -0.00652. The molecule has 3 nitrogen and oxygen atoms in total. The number of likely N-dealkylation sites (tertiary alicyclic amines) is 1. The molecule has 3 heteroatoms. The lowest BCUT2D eigenvalue weighted by atomic mass is 9.91. The van der Waals surface area contributed by atoms with Crippen molar-refractivity contribution in [3.05, 3.63) is 0 Å². The molecule has 1 aliphatic rings. The fourth-order valence-electron chi connectivity index (χ4n) is 2.20. The third-order valence-corrected chi connectivity index (χ3v) is 3.30. The second-order valence-electron chi connectivity index (χ2n) is 6.20. The van der Waals surface area contributed by atoms with E-state index >= 15 is 0 Å². The van der Waals surface area contributed by atoms with E-state index in [4.69, 9.17) is 4.74 Å². The van der Waals surface area contributed by atoms with Gasteiger partial charge in [-0.2, -0.15) is 0 Å². The van der Waals surface area contributed by atoms with Crippen molar-refractivity contribution in [3.63, 3.8) is 0 Å². The predicted molar refractivity (Wildman–Crippen MR) is 69.9 cm³/mol. The van der Waals surface area contributed by atoms with Gasteiger partial charge in [0.05, 0.1) is 12.5 Å². The molecule has 0 spiro atoms. The molecule has 1 saturated heterocycles. The molecule has 1 rings (SSSR count). The van der Waals surface area contributed by atoms with Crippen LogP contribution in [0, 0.1) is 11.3 Å². The van der Waals surface area contributed by atoms with E-state index in [1.54, 1.807) is 0 Å². The maximum Gasteiger partial charge on any atom is 0.310 e. The van der Waals surface area contributed by atoms with E-state index in [2.05, 4.69) is 25.7 Å². The van der Waals surface area contributed by atoms with E-state index in [0.717, 1.165) is 32.5 Å². The van der Waals surface area contributed by atoms with Gasteiger partial charge in [0.1, 0.15) is 0 Å². The first-order chi connectivity index (χ1) is 7.92. The fourth-order valence-corrected chi connectivity index (χ4v) is 2.20. The molecular formula is C14H27NO2. The summed E-state index contributed by atoms with van der Waals surface area (Å²) in [7, 11) is 0. The molecule has 0 aromatic rings. The molecule has 0 aromatic carbocycles. The predicted octanol–water partition coefficient (Wildman–Crippen LogP) is 2.70. The van der Waals surface area contributed by atoms with Crippen LogP contribution in [-0.4, -0.2) is 37.1 Å². The van der Waals surface area contributed by atoms with E-state index in [-0.39, 0.29) is 11.9 Å². The van der Waals surface area contributed by atoms with Gasteiger partial charge < -0.3 is 9.64 Å². The number of ether oxygens (including phenoxy) is 1. The Bertz CT molecular complexity index is 245. The number of carbonyl (C=O) groups is 1. The number of hydrogen-bond acceptors (Lipinski definition) is 3. The Labute approximate surface area is 106 Å². The van der Waals surface area contributed by atoms with Gasteiger partial charge in [-0.15, -0.1) is 0 Å². The fraction of sp³-hybridized carbons (Fsp3) is 0.929. The lowest BCUT2D eigenvalue weighted by Crippen LogP contribution is -2.40. The first-order valence-corrected chi connectivity index (χ1v) is 6.81. The van der Waals surface area contributed by atoms with Crippen LogP contribution in [0.2, 0.25) is 0 Å². The summed E-state index contributed by atoms with van der Waals surface area (Å²) >= 11 is 0. The van der Waals surface area contributed by atoms with E-state index in [0.29, 0.717) is 12.0 Å². The normalized spacial score (nSPS) is 22.5. The van der Waals surface area contributed by atoms with Crippen LogP contribution in [0.3, 0.4) is 0 Å². The van der Waals surface area contributed by atoms with Gasteiger partial charge in [0.15, 0.2) is 0 Å². The average molecular weight is 241 g/mol. The third kappa shape index (κ3) is 5.53. The molecule has 1 atom stereocenters. The SMILES string of the molecule is CCOC(=O)[C@@H]1CCCN(CCC(C)(C)C)C1. The molecule has 1 aliphatic heterocycles. The van der Waals surface area contributed by atoms with Gasteiger partial charge in [-0.25, -0.2) is 0 Å². The third-order valence-electron chi connectivity index (χ3n) is 3.30. The lowest BCUT2D eigenvalue weighted by Gasteiger charge is -2.33. The summed E-state index contributed by atoms with van der Waals surface area (Å²) < 4.78 is 5.11. The highest BCUT2D eigenvalue weighted by Crippen LogP contribution is 2.22. The zero-order valence-corrected chi connectivity index (χ0v) is 11.8. The first kappa shape index (κ1) is 14.5. The molecule has 0 radical (unpaired) electrons. The molecule has 0 bridgehead atoms. The standard InChI is InChI=1S/C14H27NO2/c1-5-17-13(16)12-7-6-9-15(11-12)10-8-14(2,3)4/h12H,5-11H2,1-4H3/t12-/m1/s1. The van der Waals surface area contributed by atoms with Crippen molar-refractivity contribution in [1.29, 1.82) is 0 Å². The van der Waals surface area contributed by atoms with Crippen LogP contribution in [0.4, 0.5) is 0 Å². The largest absolute Gasteiger partial charge is 0.466 e. The minimum absolute atomic E-state index is 0.00652. The first-order valence-electron chi connectivity index (χ1n) is 6.81. The zero-order chi connectivity index (χ0) is 12.9. The van der Waals surface area contributed by atoms with Crippen molar-refractivity contribution in [2.45, 2.75) is 47.0 Å². The van der Waals surface area contributed by atoms with E-state index in [1.165, 1.54) is 6.42 Å². The molecule has 0 saturated carbocycles. The van der Waals surface area contributed by atoms with Gasteiger partial charge in [0.2, 0.25) is 0 Å². The van der Waals surface area contributed by atoms with Gasteiger partial charge in [-0.3, -0.25) is 4.79 Å². The summed E-state index contributed by atoms with van der Waals surface area (Å²) in [5.41, 5.74) is 0.372. The molecule has 17 heavy (non-hydrogen) atoms. The summed E-state index contributed by atoms with van der Waals surface area (Å²) in [4.78, 5) is 14.1. The Morgan fingerprint density at radius 2 is 2.12 bits per heavy atom. The summed E-state index contributed by atoms with van der Waals surface area (Å²) in [5, 5.41) is 0. The number of carbonyl (C=O) groups excluding carboxylic acids is 1. The molecular weight excluding hydrogens is 214 g/mol.